The molecule has 0 aliphatic heterocycles. The van der Waals surface area contributed by atoms with Gasteiger partial charge in [0.1, 0.15) is 0 Å². The van der Waals surface area contributed by atoms with Crippen molar-refractivity contribution in [2.75, 3.05) is 18.4 Å². The van der Waals surface area contributed by atoms with Crippen molar-refractivity contribution in [1.82, 2.24) is 9.97 Å². The van der Waals surface area contributed by atoms with Gasteiger partial charge in [0.05, 0.1) is 0 Å². The van der Waals surface area contributed by atoms with Gasteiger partial charge >= 0.3 is 0 Å². The summed E-state index contributed by atoms with van der Waals surface area (Å²) in [6.07, 6.45) is 8.68. The third-order valence-electron chi connectivity index (χ3n) is 3.34. The molecule has 0 saturated heterocycles. The van der Waals surface area contributed by atoms with Crippen molar-refractivity contribution in [3.05, 3.63) is 16.0 Å². The molecule has 1 saturated carbocycles. The highest BCUT2D eigenvalue weighted by Crippen LogP contribution is 2.36. The molecule has 88 valence electrons. The van der Waals surface area contributed by atoms with E-state index in [0.717, 1.165) is 16.7 Å². The second-order valence-electron chi connectivity index (χ2n) is 4.49. The molecule has 2 rings (SSSR count). The highest BCUT2D eigenvalue weighted by molar-refractivity contribution is 14.1. The van der Waals surface area contributed by atoms with E-state index in [1.165, 1.54) is 25.7 Å². The van der Waals surface area contributed by atoms with E-state index in [2.05, 4.69) is 37.9 Å². The van der Waals surface area contributed by atoms with Gasteiger partial charge in [0.15, 0.2) is 0 Å². The Kier molecular flexibility index (Phi) is 3.96. The van der Waals surface area contributed by atoms with Crippen LogP contribution in [0.25, 0.3) is 0 Å². The number of rotatable bonds is 4. The number of hydrogen-bond donors (Lipinski definition) is 2. The van der Waals surface area contributed by atoms with Crippen LogP contribution in [0.2, 0.25) is 0 Å². The molecular weight excluding hydrogens is 315 g/mol. The quantitative estimate of drug-likeness (QED) is 0.828. The first-order chi connectivity index (χ1) is 7.74. The van der Waals surface area contributed by atoms with Crippen LogP contribution >= 0.6 is 22.6 Å². The van der Waals surface area contributed by atoms with Gasteiger partial charge in [-0.3, -0.25) is 0 Å². The first-order valence-corrected chi connectivity index (χ1v) is 6.73. The second kappa shape index (κ2) is 5.27. The van der Waals surface area contributed by atoms with Crippen molar-refractivity contribution < 1.29 is 0 Å². The van der Waals surface area contributed by atoms with Gasteiger partial charge in [-0.1, -0.05) is 12.8 Å². The minimum absolute atomic E-state index is 0.270. The predicted molar refractivity (Wildman–Crippen MR) is 73.2 cm³/mol. The Labute approximate surface area is 110 Å². The molecule has 0 radical (unpaired) electrons. The van der Waals surface area contributed by atoms with Crippen molar-refractivity contribution in [1.29, 1.82) is 0 Å². The highest BCUT2D eigenvalue weighted by Gasteiger charge is 2.32. The van der Waals surface area contributed by atoms with Crippen LogP contribution in [0.5, 0.6) is 0 Å². The van der Waals surface area contributed by atoms with Crippen molar-refractivity contribution in [3.8, 4) is 0 Å². The van der Waals surface area contributed by atoms with E-state index in [0.29, 0.717) is 5.95 Å². The molecule has 0 bridgehead atoms. The SMILES string of the molecule is NCC1(CNc2ncc(I)cn2)CCCC1. The van der Waals surface area contributed by atoms with Gasteiger partial charge in [0.25, 0.3) is 0 Å². The zero-order valence-electron chi connectivity index (χ0n) is 9.25. The van der Waals surface area contributed by atoms with E-state index in [1.54, 1.807) is 0 Å². The Hall–Kier alpha value is -0.430. The maximum atomic E-state index is 5.88. The average Bonchev–Trinajstić information content (AvgIpc) is 2.78. The first kappa shape index (κ1) is 12.0. The molecule has 0 atom stereocenters. The van der Waals surface area contributed by atoms with Crippen LogP contribution < -0.4 is 11.1 Å². The number of nitrogens with one attached hydrogen (secondary N) is 1. The summed E-state index contributed by atoms with van der Waals surface area (Å²) in [5.74, 6) is 0.708. The summed E-state index contributed by atoms with van der Waals surface area (Å²) in [6, 6.07) is 0. The number of nitrogens with zero attached hydrogens (tertiary/aromatic N) is 2. The third kappa shape index (κ3) is 2.82. The molecule has 0 spiro atoms. The molecule has 1 heterocycles. The normalized spacial score (nSPS) is 18.6. The summed E-state index contributed by atoms with van der Waals surface area (Å²) in [6.45, 7) is 1.65. The minimum atomic E-state index is 0.270. The number of aromatic nitrogens is 2. The molecule has 1 aromatic rings. The molecule has 5 heteroatoms. The van der Waals surface area contributed by atoms with Crippen LogP contribution in [0.15, 0.2) is 12.4 Å². The van der Waals surface area contributed by atoms with Gasteiger partial charge in [-0.05, 0) is 47.4 Å². The number of halogens is 1. The lowest BCUT2D eigenvalue weighted by Crippen LogP contribution is -2.35. The van der Waals surface area contributed by atoms with Crippen LogP contribution in [0.3, 0.4) is 0 Å². The lowest BCUT2D eigenvalue weighted by atomic mass is 9.86. The summed E-state index contributed by atoms with van der Waals surface area (Å²) in [7, 11) is 0. The maximum absolute atomic E-state index is 5.88. The Bertz CT molecular complexity index is 332. The summed E-state index contributed by atoms with van der Waals surface area (Å²) >= 11 is 2.20. The maximum Gasteiger partial charge on any atom is 0.222 e. The Morgan fingerprint density at radius 3 is 2.50 bits per heavy atom. The molecule has 16 heavy (non-hydrogen) atoms. The van der Waals surface area contributed by atoms with Gasteiger partial charge < -0.3 is 11.1 Å². The van der Waals surface area contributed by atoms with E-state index in [9.17, 15) is 0 Å². The van der Waals surface area contributed by atoms with Crippen molar-refractivity contribution in [2.45, 2.75) is 25.7 Å². The van der Waals surface area contributed by atoms with Gasteiger partial charge in [-0.25, -0.2) is 9.97 Å². The van der Waals surface area contributed by atoms with Gasteiger partial charge in [-0.2, -0.15) is 0 Å². The summed E-state index contributed by atoms with van der Waals surface area (Å²) < 4.78 is 1.05. The Morgan fingerprint density at radius 1 is 1.31 bits per heavy atom. The topological polar surface area (TPSA) is 63.8 Å². The molecule has 4 nitrogen and oxygen atoms in total. The Balaban J connectivity index is 1.93. The molecule has 1 aliphatic carbocycles. The zero-order valence-corrected chi connectivity index (χ0v) is 11.4. The fourth-order valence-electron chi connectivity index (χ4n) is 2.25. The van der Waals surface area contributed by atoms with Crippen LogP contribution in [-0.2, 0) is 0 Å². The van der Waals surface area contributed by atoms with Crippen LogP contribution in [-0.4, -0.2) is 23.1 Å². The predicted octanol–water partition coefficient (Wildman–Crippen LogP) is 2.01. The number of anilines is 1. The van der Waals surface area contributed by atoms with E-state index in [-0.39, 0.29) is 5.41 Å². The fourth-order valence-corrected chi connectivity index (χ4v) is 2.53. The third-order valence-corrected chi connectivity index (χ3v) is 3.90. The van der Waals surface area contributed by atoms with E-state index in [4.69, 9.17) is 5.73 Å². The first-order valence-electron chi connectivity index (χ1n) is 5.66. The van der Waals surface area contributed by atoms with Crippen molar-refractivity contribution in [2.24, 2.45) is 11.1 Å². The van der Waals surface area contributed by atoms with E-state index in [1.807, 2.05) is 12.4 Å². The molecule has 0 aromatic carbocycles. The van der Waals surface area contributed by atoms with Gasteiger partial charge in [-0.15, -0.1) is 0 Å². The largest absolute Gasteiger partial charge is 0.354 e. The molecule has 1 fully saturated rings. The second-order valence-corrected chi connectivity index (χ2v) is 5.74. The molecular formula is C11H17IN4. The molecule has 1 aromatic heterocycles. The minimum Gasteiger partial charge on any atom is -0.354 e. The number of hydrogen-bond acceptors (Lipinski definition) is 4. The fraction of sp³-hybridized carbons (Fsp3) is 0.636. The molecule has 1 aliphatic rings. The average molecular weight is 332 g/mol. The van der Waals surface area contributed by atoms with Gasteiger partial charge in [0, 0.05) is 22.5 Å². The van der Waals surface area contributed by atoms with E-state index < -0.39 is 0 Å². The van der Waals surface area contributed by atoms with Crippen LogP contribution in [0.1, 0.15) is 25.7 Å². The van der Waals surface area contributed by atoms with Crippen LogP contribution in [0, 0.1) is 8.99 Å². The number of nitrogens with two attached hydrogens (primary N) is 1. The molecule has 0 unspecified atom stereocenters. The van der Waals surface area contributed by atoms with Crippen molar-refractivity contribution in [3.63, 3.8) is 0 Å². The monoisotopic (exact) mass is 332 g/mol. The molecule has 3 N–H and O–H groups in total. The smallest absolute Gasteiger partial charge is 0.222 e. The lowest BCUT2D eigenvalue weighted by Gasteiger charge is -2.27. The van der Waals surface area contributed by atoms with Crippen LogP contribution in [0.4, 0.5) is 5.95 Å². The highest BCUT2D eigenvalue weighted by atomic mass is 127. The standard InChI is InChI=1S/C11H17IN4/c12-9-5-14-10(15-6-9)16-8-11(7-13)3-1-2-4-11/h5-6H,1-4,7-8,13H2,(H,14,15,16). The zero-order chi connectivity index (χ0) is 11.4. The summed E-state index contributed by atoms with van der Waals surface area (Å²) in [4.78, 5) is 8.47. The van der Waals surface area contributed by atoms with Gasteiger partial charge in [0.2, 0.25) is 5.95 Å². The summed E-state index contributed by atoms with van der Waals surface area (Å²) in [5, 5.41) is 3.30. The summed E-state index contributed by atoms with van der Waals surface area (Å²) in [5.41, 5.74) is 6.15. The Morgan fingerprint density at radius 2 is 1.94 bits per heavy atom. The van der Waals surface area contributed by atoms with Crippen molar-refractivity contribution >= 4 is 28.5 Å². The molecule has 0 amide bonds. The lowest BCUT2D eigenvalue weighted by molar-refractivity contribution is 0.331. The van der Waals surface area contributed by atoms with E-state index >= 15 is 0 Å².